The molecular formula is C39H23N3OS. The van der Waals surface area contributed by atoms with Crippen LogP contribution in [0.25, 0.3) is 87.4 Å². The van der Waals surface area contributed by atoms with Crippen LogP contribution < -0.4 is 0 Å². The zero-order valence-corrected chi connectivity index (χ0v) is 23.7. The molecule has 0 aliphatic heterocycles. The summed E-state index contributed by atoms with van der Waals surface area (Å²) in [5.41, 5.74) is 4.65. The first-order valence-corrected chi connectivity index (χ1v) is 14.8. The highest BCUT2D eigenvalue weighted by Gasteiger charge is 2.16. The highest BCUT2D eigenvalue weighted by atomic mass is 32.1. The van der Waals surface area contributed by atoms with E-state index < -0.39 is 0 Å². The van der Waals surface area contributed by atoms with E-state index in [1.54, 1.807) is 12.1 Å². The molecule has 6 aromatic carbocycles. The molecule has 0 radical (unpaired) electrons. The van der Waals surface area contributed by atoms with Gasteiger partial charge in [-0.1, -0.05) is 109 Å². The van der Waals surface area contributed by atoms with Crippen LogP contribution >= 0.6 is 11.3 Å². The molecule has 4 nitrogen and oxygen atoms in total. The quantitative estimate of drug-likeness (QED) is 0.205. The molecule has 0 amide bonds. The van der Waals surface area contributed by atoms with E-state index in [0.29, 0.717) is 48.9 Å². The van der Waals surface area contributed by atoms with Crippen LogP contribution in [-0.2, 0) is 0 Å². The van der Waals surface area contributed by atoms with Gasteiger partial charge >= 0.3 is 0 Å². The number of para-hydroxylation sites is 1. The predicted octanol–water partition coefficient (Wildman–Crippen LogP) is 10.8. The smallest absolute Gasteiger partial charge is 0.164 e. The molecule has 44 heavy (non-hydrogen) atoms. The molecule has 0 N–H and O–H groups in total. The number of fused-ring (bicyclic) bond motifs is 6. The Bertz CT molecular complexity index is 2890. The van der Waals surface area contributed by atoms with E-state index in [4.69, 9.17) is 29.0 Å². The molecular weight excluding hydrogens is 559 g/mol. The zero-order valence-electron chi connectivity index (χ0n) is 29.9. The van der Waals surface area contributed by atoms with Gasteiger partial charge in [0.05, 0.1) is 9.60 Å². The van der Waals surface area contributed by atoms with E-state index in [2.05, 4.69) is 0 Å². The van der Waals surface area contributed by atoms with Crippen LogP contribution in [0.2, 0.25) is 0 Å². The maximum absolute atomic E-state index is 8.91. The lowest BCUT2D eigenvalue weighted by atomic mass is 9.98. The number of nitrogens with zero attached hydrogens (tertiary/aromatic N) is 3. The van der Waals surface area contributed by atoms with Gasteiger partial charge in [0.1, 0.15) is 11.2 Å². The second kappa shape index (κ2) is 9.97. The van der Waals surface area contributed by atoms with Gasteiger partial charge in [0.2, 0.25) is 0 Å². The first kappa shape index (κ1) is 18.8. The van der Waals surface area contributed by atoms with Gasteiger partial charge in [-0.2, -0.15) is 0 Å². The maximum atomic E-state index is 8.91. The SMILES string of the molecule is [2H]c1c([2H])c([2H])c2c(sc3c([2H])c([2H])c([2H])c(-c4ccc(-c5nc(-c6ccccc6)nc(-c6ccc7c(c6)oc6ccccc67)n5)cc4)c32)c1[2H]. The van der Waals surface area contributed by atoms with E-state index >= 15 is 0 Å². The molecule has 9 aromatic rings. The van der Waals surface area contributed by atoms with E-state index in [-0.39, 0.29) is 47.7 Å². The van der Waals surface area contributed by atoms with E-state index in [1.807, 2.05) is 84.9 Å². The second-order valence-electron chi connectivity index (χ2n) is 10.3. The average Bonchev–Trinajstić information content (AvgIpc) is 3.75. The lowest BCUT2D eigenvalue weighted by Crippen LogP contribution is -2.00. The van der Waals surface area contributed by atoms with Crippen LogP contribution in [0.4, 0.5) is 0 Å². The predicted molar refractivity (Wildman–Crippen MR) is 182 cm³/mol. The molecule has 0 saturated heterocycles. The van der Waals surface area contributed by atoms with Crippen molar-refractivity contribution in [2.75, 3.05) is 0 Å². The van der Waals surface area contributed by atoms with Gasteiger partial charge in [-0.05, 0) is 41.4 Å². The van der Waals surface area contributed by atoms with Gasteiger partial charge in [-0.15, -0.1) is 11.3 Å². The van der Waals surface area contributed by atoms with E-state index in [9.17, 15) is 0 Å². The summed E-state index contributed by atoms with van der Waals surface area (Å²) in [5.74, 6) is 1.37. The summed E-state index contributed by atoms with van der Waals surface area (Å²) in [7, 11) is 0. The first-order valence-electron chi connectivity index (χ1n) is 17.5. The normalized spacial score (nSPS) is 13.9. The van der Waals surface area contributed by atoms with Gasteiger partial charge < -0.3 is 4.42 Å². The molecule has 3 aromatic heterocycles. The minimum Gasteiger partial charge on any atom is -0.456 e. The van der Waals surface area contributed by atoms with Crippen molar-refractivity contribution in [2.45, 2.75) is 0 Å². The van der Waals surface area contributed by atoms with Crippen molar-refractivity contribution in [3.8, 4) is 45.3 Å². The van der Waals surface area contributed by atoms with Crippen LogP contribution in [0.5, 0.6) is 0 Å². The molecule has 206 valence electrons. The fourth-order valence-electron chi connectivity index (χ4n) is 5.58. The van der Waals surface area contributed by atoms with Crippen molar-refractivity contribution in [2.24, 2.45) is 0 Å². The van der Waals surface area contributed by atoms with Crippen molar-refractivity contribution >= 4 is 53.4 Å². The minimum atomic E-state index is -0.388. The van der Waals surface area contributed by atoms with Crippen LogP contribution in [0.15, 0.2) is 144 Å². The molecule has 9 rings (SSSR count). The van der Waals surface area contributed by atoms with Crippen LogP contribution in [0.1, 0.15) is 9.60 Å². The Balaban J connectivity index is 1.21. The molecule has 0 unspecified atom stereocenters. The summed E-state index contributed by atoms with van der Waals surface area (Å²) in [4.78, 5) is 14.6. The zero-order chi connectivity index (χ0) is 35.1. The number of benzene rings is 6. The fraction of sp³-hybridized carbons (Fsp3) is 0. The highest BCUT2D eigenvalue weighted by Crippen LogP contribution is 2.40. The monoisotopic (exact) mass is 588 g/mol. The van der Waals surface area contributed by atoms with Crippen molar-refractivity contribution in [3.05, 3.63) is 139 Å². The Morgan fingerprint density at radius 1 is 0.500 bits per heavy atom. The summed E-state index contributed by atoms with van der Waals surface area (Å²) in [6.07, 6.45) is 0. The van der Waals surface area contributed by atoms with Gasteiger partial charge in [0, 0.05) is 47.6 Å². The number of aromatic nitrogens is 3. The topological polar surface area (TPSA) is 51.8 Å². The molecule has 0 fully saturated rings. The van der Waals surface area contributed by atoms with Crippen LogP contribution in [0.3, 0.4) is 0 Å². The molecule has 0 bridgehead atoms. The number of thiophene rings is 1. The minimum absolute atomic E-state index is 0.180. The van der Waals surface area contributed by atoms with Gasteiger partial charge in [0.25, 0.3) is 0 Å². The second-order valence-corrected chi connectivity index (χ2v) is 11.3. The first-order chi connectivity index (χ1) is 24.7. The summed E-state index contributed by atoms with van der Waals surface area (Å²) < 4.78 is 66.6. The van der Waals surface area contributed by atoms with Crippen LogP contribution in [0, 0.1) is 0 Å². The molecule has 0 atom stereocenters. The Labute approximate surface area is 266 Å². The van der Waals surface area contributed by atoms with Gasteiger partial charge in [-0.25, -0.2) is 15.0 Å². The number of hydrogen-bond donors (Lipinski definition) is 0. The lowest BCUT2D eigenvalue weighted by molar-refractivity contribution is 0.669. The Morgan fingerprint density at radius 2 is 1.14 bits per heavy atom. The van der Waals surface area contributed by atoms with Crippen LogP contribution in [-0.4, -0.2) is 15.0 Å². The Hall–Kier alpha value is -5.65. The Kier molecular flexibility index (Phi) is 4.26. The molecule has 0 aliphatic carbocycles. The number of rotatable bonds is 4. The standard InChI is InChI=1S/C39H23N3OS/c1-2-9-25(10-3-1)37-40-38(42-39(41-37)27-21-22-30-29-11-4-6-14-32(29)43-33(30)23-27)26-19-17-24(18-20-26)28-13-8-16-35-36(28)31-12-5-7-15-34(31)44-35/h1-23H/i5D,7D,8D,12D,13D,15D,16D. The third-order valence-corrected chi connectivity index (χ3v) is 8.70. The summed E-state index contributed by atoms with van der Waals surface area (Å²) in [6.45, 7) is 0. The lowest BCUT2D eigenvalue weighted by Gasteiger charge is -2.10. The third-order valence-electron chi connectivity index (χ3n) is 7.68. The average molecular weight is 589 g/mol. The largest absolute Gasteiger partial charge is 0.456 e. The van der Waals surface area contributed by atoms with Crippen molar-refractivity contribution < 1.29 is 14.0 Å². The molecule has 5 heteroatoms. The molecule has 0 spiro atoms. The van der Waals surface area contributed by atoms with Gasteiger partial charge in [0.15, 0.2) is 17.5 Å². The Morgan fingerprint density at radius 3 is 1.98 bits per heavy atom. The van der Waals surface area contributed by atoms with Gasteiger partial charge in [-0.3, -0.25) is 0 Å². The summed E-state index contributed by atoms with van der Waals surface area (Å²) in [6, 6.07) is 28.8. The molecule has 3 heterocycles. The van der Waals surface area contributed by atoms with Crippen molar-refractivity contribution in [3.63, 3.8) is 0 Å². The molecule has 0 saturated carbocycles. The van der Waals surface area contributed by atoms with Crippen molar-refractivity contribution in [1.29, 1.82) is 0 Å². The van der Waals surface area contributed by atoms with Crippen molar-refractivity contribution in [1.82, 2.24) is 15.0 Å². The molecule has 0 aliphatic rings. The summed E-state index contributed by atoms with van der Waals surface area (Å²) >= 11 is 1.05. The summed E-state index contributed by atoms with van der Waals surface area (Å²) in [5, 5.41) is 2.64. The van der Waals surface area contributed by atoms with E-state index in [0.717, 1.165) is 44.4 Å². The number of furan rings is 1. The van der Waals surface area contributed by atoms with E-state index in [1.165, 1.54) is 0 Å². The fourth-order valence-corrected chi connectivity index (χ4v) is 6.55. The highest BCUT2D eigenvalue weighted by molar-refractivity contribution is 7.25. The third kappa shape index (κ3) is 4.09. The maximum Gasteiger partial charge on any atom is 0.164 e. The number of hydrogen-bond acceptors (Lipinski definition) is 5.